The van der Waals surface area contributed by atoms with Gasteiger partial charge in [0.15, 0.2) is 11.2 Å². The van der Waals surface area contributed by atoms with Crippen molar-refractivity contribution in [2.24, 2.45) is 0 Å². The van der Waals surface area contributed by atoms with E-state index in [1.54, 1.807) is 50.6 Å². The zero-order chi connectivity index (χ0) is 23.0. The highest BCUT2D eigenvalue weighted by atomic mass is 32.1. The van der Waals surface area contributed by atoms with Gasteiger partial charge < -0.3 is 20.5 Å². The van der Waals surface area contributed by atoms with Gasteiger partial charge in [0.2, 0.25) is 5.91 Å². The molecule has 0 bridgehead atoms. The number of carbonyl (C=O) groups is 2. The molecule has 2 aromatic rings. The molecule has 0 spiro atoms. The Bertz CT molecular complexity index is 854. The van der Waals surface area contributed by atoms with E-state index >= 15 is 0 Å². The third-order valence-corrected chi connectivity index (χ3v) is 6.47. The van der Waals surface area contributed by atoms with Crippen LogP contribution in [0.4, 0.5) is 5.13 Å². The van der Waals surface area contributed by atoms with Crippen LogP contribution in [0.25, 0.3) is 0 Å². The number of hydrogen-bond donors (Lipinski definition) is 3. The van der Waals surface area contributed by atoms with Gasteiger partial charge >= 0.3 is 0 Å². The number of aliphatic hydroxyl groups excluding tert-OH is 1. The van der Waals surface area contributed by atoms with E-state index in [4.69, 9.17) is 4.74 Å². The molecule has 8 heteroatoms. The lowest BCUT2D eigenvalue weighted by atomic mass is 9.96. The minimum atomic E-state index is -1.33. The van der Waals surface area contributed by atoms with Crippen LogP contribution in [0.1, 0.15) is 69.4 Å². The number of thiazole rings is 1. The van der Waals surface area contributed by atoms with Gasteiger partial charge in [0.25, 0.3) is 5.91 Å². The molecule has 170 valence electrons. The van der Waals surface area contributed by atoms with Crippen molar-refractivity contribution in [3.63, 3.8) is 0 Å². The topological polar surface area (TPSA) is 101 Å². The quantitative estimate of drug-likeness (QED) is 0.483. The second-order valence-electron chi connectivity index (χ2n) is 8.36. The van der Waals surface area contributed by atoms with Crippen molar-refractivity contribution in [3.8, 4) is 0 Å². The summed E-state index contributed by atoms with van der Waals surface area (Å²) in [7, 11) is 1.73. The molecule has 1 unspecified atom stereocenters. The molecule has 7 nitrogen and oxygen atoms in total. The maximum absolute atomic E-state index is 12.4. The minimum Gasteiger partial charge on any atom is -0.379 e. The molecule has 0 aliphatic heterocycles. The molecule has 1 aromatic carbocycles. The van der Waals surface area contributed by atoms with E-state index in [1.807, 2.05) is 0 Å². The first kappa shape index (κ1) is 25.0. The van der Waals surface area contributed by atoms with Crippen molar-refractivity contribution in [1.82, 2.24) is 10.3 Å². The number of rotatable bonds is 11. The Hall–Kier alpha value is -2.29. The maximum Gasteiger partial charge on any atom is 0.254 e. The average molecular weight is 448 g/mol. The fourth-order valence-corrected chi connectivity index (χ4v) is 3.91. The molecule has 0 radical (unpaired) electrons. The fraction of sp³-hybridized carbons (Fsp3) is 0.522. The summed E-state index contributed by atoms with van der Waals surface area (Å²) >= 11 is 1.44. The Balaban J connectivity index is 1.84. The van der Waals surface area contributed by atoms with E-state index in [0.717, 1.165) is 24.1 Å². The molecule has 3 N–H and O–H groups in total. The molecule has 0 fully saturated rings. The largest absolute Gasteiger partial charge is 0.379 e. The van der Waals surface area contributed by atoms with Crippen LogP contribution in [-0.2, 0) is 14.3 Å². The SMILES string of the molecule is COC(C)(C)CCCC(C)c1cnc(NC(=O)[C@H](C)NC(=O)[C@@H](O)c2ccccc2)s1. The first-order valence-electron chi connectivity index (χ1n) is 10.5. The first-order chi connectivity index (χ1) is 14.6. The van der Waals surface area contributed by atoms with Crippen LogP contribution in [0, 0.1) is 0 Å². The predicted molar refractivity (Wildman–Crippen MR) is 123 cm³/mol. The highest BCUT2D eigenvalue weighted by Crippen LogP contribution is 2.30. The maximum atomic E-state index is 12.4. The van der Waals surface area contributed by atoms with Crippen molar-refractivity contribution in [3.05, 3.63) is 47.0 Å². The summed E-state index contributed by atoms with van der Waals surface area (Å²) in [6, 6.07) is 7.77. The zero-order valence-corrected chi connectivity index (χ0v) is 19.7. The molecule has 1 aromatic heterocycles. The highest BCUT2D eigenvalue weighted by Gasteiger charge is 2.23. The molecule has 31 heavy (non-hydrogen) atoms. The van der Waals surface area contributed by atoms with Crippen molar-refractivity contribution >= 4 is 28.3 Å². The monoisotopic (exact) mass is 447 g/mol. The molecule has 2 amide bonds. The number of anilines is 1. The number of nitrogens with one attached hydrogen (secondary N) is 2. The Morgan fingerprint density at radius 1 is 1.19 bits per heavy atom. The molecule has 0 saturated heterocycles. The third-order valence-electron chi connectivity index (χ3n) is 5.32. The van der Waals surface area contributed by atoms with Gasteiger partial charge in [0.1, 0.15) is 6.04 Å². The molecule has 0 aliphatic rings. The van der Waals surface area contributed by atoms with Gasteiger partial charge in [-0.05, 0) is 51.5 Å². The Labute approximate surface area is 188 Å². The Morgan fingerprint density at radius 3 is 2.52 bits per heavy atom. The van der Waals surface area contributed by atoms with Crippen LogP contribution in [0.5, 0.6) is 0 Å². The molecule has 2 rings (SSSR count). The normalized spacial score (nSPS) is 14.5. The van der Waals surface area contributed by atoms with E-state index in [1.165, 1.54) is 11.3 Å². The summed E-state index contributed by atoms with van der Waals surface area (Å²) in [5.41, 5.74) is 0.348. The van der Waals surface area contributed by atoms with Gasteiger partial charge in [0.05, 0.1) is 5.60 Å². The average Bonchev–Trinajstić information content (AvgIpc) is 3.22. The van der Waals surface area contributed by atoms with Crippen LogP contribution >= 0.6 is 11.3 Å². The molecule has 0 saturated carbocycles. The molecular formula is C23H33N3O4S. The fourth-order valence-electron chi connectivity index (χ4n) is 3.01. The molecule has 0 aliphatic carbocycles. The molecule has 3 atom stereocenters. The minimum absolute atomic E-state index is 0.124. The van der Waals surface area contributed by atoms with Gasteiger partial charge in [-0.3, -0.25) is 9.59 Å². The summed E-state index contributed by atoms with van der Waals surface area (Å²) in [5.74, 6) is -0.681. The number of benzene rings is 1. The van der Waals surface area contributed by atoms with Crippen LogP contribution < -0.4 is 10.6 Å². The lowest BCUT2D eigenvalue weighted by molar-refractivity contribution is -0.132. The number of ether oxygens (including phenoxy) is 1. The lowest BCUT2D eigenvalue weighted by Gasteiger charge is -2.23. The first-order valence-corrected chi connectivity index (χ1v) is 11.3. The standard InChI is InChI=1S/C23H33N3O4S/c1-15(10-9-13-23(3,4)30-5)18-14-24-22(31-18)26-20(28)16(2)25-21(29)19(27)17-11-7-6-8-12-17/h6-8,11-12,14-16,19,27H,9-10,13H2,1-5H3,(H,25,29)(H,24,26,28)/t15?,16-,19-/m0/s1. The number of aliphatic hydroxyl groups is 1. The number of carbonyl (C=O) groups excluding carboxylic acids is 2. The van der Waals surface area contributed by atoms with E-state index in [-0.39, 0.29) is 11.5 Å². The summed E-state index contributed by atoms with van der Waals surface area (Å²) in [6.07, 6.45) is 3.48. The van der Waals surface area contributed by atoms with E-state index < -0.39 is 18.1 Å². The van der Waals surface area contributed by atoms with Gasteiger partial charge in [0, 0.05) is 18.2 Å². The number of nitrogens with zero attached hydrogens (tertiary/aromatic N) is 1. The third kappa shape index (κ3) is 7.72. The zero-order valence-electron chi connectivity index (χ0n) is 18.8. The van der Waals surface area contributed by atoms with Gasteiger partial charge in [-0.25, -0.2) is 4.98 Å². The van der Waals surface area contributed by atoms with Crippen LogP contribution in [0.3, 0.4) is 0 Å². The summed E-state index contributed by atoms with van der Waals surface area (Å²) in [5, 5.41) is 15.9. The smallest absolute Gasteiger partial charge is 0.254 e. The van der Waals surface area contributed by atoms with Crippen LogP contribution in [0.15, 0.2) is 36.5 Å². The van der Waals surface area contributed by atoms with Crippen LogP contribution in [-0.4, -0.2) is 40.7 Å². The van der Waals surface area contributed by atoms with Gasteiger partial charge in [-0.1, -0.05) is 37.3 Å². The number of hydrogen-bond acceptors (Lipinski definition) is 6. The predicted octanol–water partition coefficient (Wildman–Crippen LogP) is 4.02. The van der Waals surface area contributed by atoms with Crippen molar-refractivity contribution in [2.75, 3.05) is 12.4 Å². The molecular weight excluding hydrogens is 414 g/mol. The number of methoxy groups -OCH3 is 1. The van der Waals surface area contributed by atoms with Gasteiger partial charge in [-0.15, -0.1) is 11.3 Å². The highest BCUT2D eigenvalue weighted by molar-refractivity contribution is 7.15. The van der Waals surface area contributed by atoms with Crippen molar-refractivity contribution in [2.45, 2.75) is 70.6 Å². The Morgan fingerprint density at radius 2 is 1.87 bits per heavy atom. The van der Waals surface area contributed by atoms with Gasteiger partial charge in [-0.2, -0.15) is 0 Å². The van der Waals surface area contributed by atoms with Crippen molar-refractivity contribution in [1.29, 1.82) is 0 Å². The Kier molecular flexibility index (Phi) is 9.15. The number of aromatic nitrogens is 1. The second kappa shape index (κ2) is 11.4. The number of amides is 2. The van der Waals surface area contributed by atoms with E-state index in [2.05, 4.69) is 36.4 Å². The summed E-state index contributed by atoms with van der Waals surface area (Å²) in [6.45, 7) is 7.87. The molecule has 1 heterocycles. The van der Waals surface area contributed by atoms with Crippen LogP contribution in [0.2, 0.25) is 0 Å². The van der Waals surface area contributed by atoms with E-state index in [0.29, 0.717) is 16.6 Å². The lowest BCUT2D eigenvalue weighted by Crippen LogP contribution is -2.43. The van der Waals surface area contributed by atoms with E-state index in [9.17, 15) is 14.7 Å². The van der Waals surface area contributed by atoms with Crippen molar-refractivity contribution < 1.29 is 19.4 Å². The summed E-state index contributed by atoms with van der Waals surface area (Å²) in [4.78, 5) is 30.1. The second-order valence-corrected chi connectivity index (χ2v) is 9.42. The summed E-state index contributed by atoms with van der Waals surface area (Å²) < 4.78 is 5.46.